The molecule has 0 bridgehead atoms. The highest BCUT2D eigenvalue weighted by atomic mass is 16.7. The van der Waals surface area contributed by atoms with E-state index in [0.717, 1.165) is 46.2 Å². The van der Waals surface area contributed by atoms with Gasteiger partial charge in [0.25, 0.3) is 0 Å². The number of aliphatic carboxylic acids is 2. The largest absolute Gasteiger partial charge is 0.497 e. The zero-order chi connectivity index (χ0) is 26.1. The lowest BCUT2D eigenvalue weighted by Crippen LogP contribution is -2.24. The highest BCUT2D eigenvalue weighted by molar-refractivity contribution is 5.78. The van der Waals surface area contributed by atoms with Crippen molar-refractivity contribution in [3.05, 3.63) is 88.0 Å². The van der Waals surface area contributed by atoms with E-state index in [9.17, 15) is 19.8 Å². The Hall–Kier alpha value is -4.00. The lowest BCUT2D eigenvalue weighted by atomic mass is 9.78. The second-order valence-corrected chi connectivity index (χ2v) is 9.60. The van der Waals surface area contributed by atoms with Crippen molar-refractivity contribution in [3.8, 4) is 17.2 Å². The third kappa shape index (κ3) is 4.61. The fourth-order valence-corrected chi connectivity index (χ4v) is 5.81. The average molecular weight is 503 g/mol. The molecule has 3 aromatic rings. The summed E-state index contributed by atoms with van der Waals surface area (Å²) in [5, 5.41) is 20.0. The molecule has 3 unspecified atom stereocenters. The van der Waals surface area contributed by atoms with Gasteiger partial charge in [-0.25, -0.2) is 0 Å². The van der Waals surface area contributed by atoms with E-state index in [-0.39, 0.29) is 19.6 Å². The Morgan fingerprint density at radius 1 is 0.892 bits per heavy atom. The normalized spacial score (nSPS) is 19.5. The minimum Gasteiger partial charge on any atom is -0.497 e. The summed E-state index contributed by atoms with van der Waals surface area (Å²) in [5.41, 5.74) is 5.56. The number of carboxylic acids is 2. The van der Waals surface area contributed by atoms with Gasteiger partial charge in [-0.2, -0.15) is 0 Å². The Morgan fingerprint density at radius 3 is 2.41 bits per heavy atom. The van der Waals surface area contributed by atoms with Crippen molar-refractivity contribution in [3.63, 3.8) is 0 Å². The molecule has 0 fully saturated rings. The molecule has 3 aromatic carbocycles. The number of aryl methyl sites for hydroxylation is 2. The highest BCUT2D eigenvalue weighted by Crippen LogP contribution is 2.54. The van der Waals surface area contributed by atoms with Gasteiger partial charge in [-0.1, -0.05) is 43.7 Å². The van der Waals surface area contributed by atoms with Crippen LogP contribution >= 0.6 is 0 Å². The van der Waals surface area contributed by atoms with Crippen LogP contribution in [0.4, 0.5) is 0 Å². The minimum atomic E-state index is -0.904. The minimum absolute atomic E-state index is 0.0566. The molecule has 5 rings (SSSR count). The summed E-state index contributed by atoms with van der Waals surface area (Å²) in [5.74, 6) is -1.58. The Labute approximate surface area is 215 Å². The summed E-state index contributed by atoms with van der Waals surface area (Å²) >= 11 is 0. The first-order valence-electron chi connectivity index (χ1n) is 12.5. The van der Waals surface area contributed by atoms with Crippen LogP contribution in [0, 0.1) is 5.92 Å². The zero-order valence-corrected chi connectivity index (χ0v) is 20.9. The molecule has 7 nitrogen and oxygen atoms in total. The third-order valence-corrected chi connectivity index (χ3v) is 7.41. The van der Waals surface area contributed by atoms with E-state index in [1.807, 2.05) is 36.4 Å². The summed E-state index contributed by atoms with van der Waals surface area (Å²) < 4.78 is 16.5. The number of benzene rings is 3. The third-order valence-electron chi connectivity index (χ3n) is 7.41. The lowest BCUT2D eigenvalue weighted by Gasteiger charge is -2.25. The number of rotatable bonds is 9. The van der Waals surface area contributed by atoms with Crippen LogP contribution in [0.3, 0.4) is 0 Å². The predicted molar refractivity (Wildman–Crippen MR) is 137 cm³/mol. The number of methoxy groups -OCH3 is 1. The first-order valence-corrected chi connectivity index (χ1v) is 12.5. The SMILES string of the molecule is CCCc1ccc2c(c1)C(c1ccc(OC)cc1CCC(=O)O)C(C(=O)O)C2c1ccc2c(c1)OCO2. The van der Waals surface area contributed by atoms with Crippen molar-refractivity contribution in [1.82, 2.24) is 0 Å². The molecule has 2 N–H and O–H groups in total. The van der Waals surface area contributed by atoms with Crippen LogP contribution in [0.1, 0.15) is 65.0 Å². The topological polar surface area (TPSA) is 102 Å². The number of fused-ring (bicyclic) bond motifs is 2. The molecule has 37 heavy (non-hydrogen) atoms. The number of carbonyl (C=O) groups is 2. The molecule has 1 heterocycles. The van der Waals surface area contributed by atoms with E-state index in [1.165, 1.54) is 0 Å². The molecule has 1 aliphatic heterocycles. The second-order valence-electron chi connectivity index (χ2n) is 9.60. The number of hydrogen-bond acceptors (Lipinski definition) is 5. The van der Waals surface area contributed by atoms with E-state index in [0.29, 0.717) is 17.2 Å². The molecule has 0 saturated heterocycles. The van der Waals surface area contributed by atoms with Crippen LogP contribution < -0.4 is 14.2 Å². The fourth-order valence-electron chi connectivity index (χ4n) is 5.81. The van der Waals surface area contributed by atoms with Gasteiger partial charge in [-0.15, -0.1) is 0 Å². The fraction of sp³-hybridized carbons (Fsp3) is 0.333. The summed E-state index contributed by atoms with van der Waals surface area (Å²) in [6, 6.07) is 17.5. The van der Waals surface area contributed by atoms with Crippen LogP contribution in [-0.4, -0.2) is 36.1 Å². The van der Waals surface area contributed by atoms with Crippen molar-refractivity contribution >= 4 is 11.9 Å². The molecule has 0 spiro atoms. The Balaban J connectivity index is 1.70. The van der Waals surface area contributed by atoms with Gasteiger partial charge in [0.2, 0.25) is 6.79 Å². The van der Waals surface area contributed by atoms with E-state index < -0.39 is 29.7 Å². The maximum absolute atomic E-state index is 13.0. The van der Waals surface area contributed by atoms with E-state index in [1.54, 1.807) is 7.11 Å². The van der Waals surface area contributed by atoms with Gasteiger partial charge in [0.1, 0.15) is 5.75 Å². The summed E-state index contributed by atoms with van der Waals surface area (Å²) in [6.45, 7) is 2.26. The standard InChI is InChI=1S/C30H30O7/c1-3-4-17-5-9-22-23(13-17)28(21-10-8-20(35-2)14-18(21)7-12-26(31)32)29(30(33)34)27(22)19-6-11-24-25(15-19)37-16-36-24/h5-6,8-11,13-15,27-29H,3-4,7,12,16H2,1-2H3,(H,31,32)(H,33,34). The van der Waals surface area contributed by atoms with Crippen LogP contribution in [0.15, 0.2) is 54.6 Å². The zero-order valence-electron chi connectivity index (χ0n) is 20.9. The Morgan fingerprint density at radius 2 is 1.68 bits per heavy atom. The molecular formula is C30H30O7. The predicted octanol–water partition coefficient (Wildman–Crippen LogP) is 5.37. The van der Waals surface area contributed by atoms with Crippen molar-refractivity contribution in [2.75, 3.05) is 13.9 Å². The average Bonchev–Trinajstić information content (AvgIpc) is 3.49. The van der Waals surface area contributed by atoms with Crippen molar-refractivity contribution in [1.29, 1.82) is 0 Å². The van der Waals surface area contributed by atoms with E-state index in [2.05, 4.69) is 25.1 Å². The van der Waals surface area contributed by atoms with Gasteiger partial charge in [0.15, 0.2) is 11.5 Å². The molecule has 2 aliphatic rings. The quantitative estimate of drug-likeness (QED) is 0.405. The first kappa shape index (κ1) is 24.7. The maximum Gasteiger partial charge on any atom is 0.308 e. The van der Waals surface area contributed by atoms with Gasteiger partial charge < -0.3 is 24.4 Å². The van der Waals surface area contributed by atoms with Crippen LogP contribution in [0.25, 0.3) is 0 Å². The lowest BCUT2D eigenvalue weighted by molar-refractivity contribution is -0.142. The monoisotopic (exact) mass is 502 g/mol. The molecule has 1 aliphatic carbocycles. The molecule has 0 amide bonds. The summed E-state index contributed by atoms with van der Waals surface area (Å²) in [4.78, 5) is 24.4. The van der Waals surface area contributed by atoms with E-state index >= 15 is 0 Å². The van der Waals surface area contributed by atoms with Gasteiger partial charge in [0, 0.05) is 18.3 Å². The van der Waals surface area contributed by atoms with Gasteiger partial charge >= 0.3 is 11.9 Å². The number of hydrogen-bond donors (Lipinski definition) is 2. The molecular weight excluding hydrogens is 472 g/mol. The van der Waals surface area contributed by atoms with Crippen molar-refractivity contribution in [2.24, 2.45) is 5.92 Å². The summed E-state index contributed by atoms with van der Waals surface area (Å²) in [7, 11) is 1.56. The first-order chi connectivity index (χ1) is 17.9. The summed E-state index contributed by atoms with van der Waals surface area (Å²) in [6.07, 6.45) is 2.09. The van der Waals surface area contributed by atoms with Crippen molar-refractivity contribution < 1.29 is 34.0 Å². The molecule has 0 radical (unpaired) electrons. The second kappa shape index (κ2) is 10.2. The Bertz CT molecular complexity index is 1350. The van der Waals surface area contributed by atoms with Gasteiger partial charge in [-0.3, -0.25) is 9.59 Å². The smallest absolute Gasteiger partial charge is 0.308 e. The van der Waals surface area contributed by atoms with Crippen LogP contribution in [-0.2, 0) is 22.4 Å². The van der Waals surface area contributed by atoms with Gasteiger partial charge in [0.05, 0.1) is 13.0 Å². The molecule has 7 heteroatoms. The Kier molecular flexibility index (Phi) is 6.78. The molecule has 192 valence electrons. The molecule has 0 saturated carbocycles. The number of carboxylic acid groups (broad SMARTS) is 2. The van der Waals surface area contributed by atoms with Crippen LogP contribution in [0.5, 0.6) is 17.2 Å². The highest BCUT2D eigenvalue weighted by Gasteiger charge is 2.47. The molecule has 3 atom stereocenters. The van der Waals surface area contributed by atoms with E-state index in [4.69, 9.17) is 14.2 Å². The maximum atomic E-state index is 13.0. The number of ether oxygens (including phenoxy) is 3. The van der Waals surface area contributed by atoms with Crippen molar-refractivity contribution in [2.45, 2.75) is 44.4 Å². The van der Waals surface area contributed by atoms with Crippen LogP contribution in [0.2, 0.25) is 0 Å². The molecule has 0 aromatic heterocycles. The van der Waals surface area contributed by atoms with Gasteiger partial charge in [-0.05, 0) is 70.5 Å².